The van der Waals surface area contributed by atoms with Crippen molar-refractivity contribution in [2.75, 3.05) is 65.9 Å². The molecular weight excluding hydrogens is 1430 g/mol. The first-order valence-electron chi connectivity index (χ1n) is 43.4. The molecule has 4 amide bonds. The Bertz CT molecular complexity index is 2260. The minimum absolute atomic E-state index is 0.0638. The van der Waals surface area contributed by atoms with Crippen molar-refractivity contribution in [2.24, 2.45) is 0 Å². The van der Waals surface area contributed by atoms with E-state index >= 15 is 0 Å². The van der Waals surface area contributed by atoms with Crippen LogP contribution in [0.1, 0.15) is 369 Å². The molecule has 0 aliphatic carbocycles. The highest BCUT2D eigenvalue weighted by Crippen LogP contribution is 2.44. The van der Waals surface area contributed by atoms with Crippen LogP contribution in [0.4, 0.5) is 0 Å². The Labute approximate surface area is 661 Å². The number of rotatable bonds is 82. The molecule has 0 radical (unpaired) electrons. The molecule has 0 bridgehead atoms. The normalized spacial score (nSPS) is 14.1. The van der Waals surface area contributed by atoms with Crippen LogP contribution < -0.4 is 21.3 Å². The monoisotopic (exact) mass is 1590 g/mol. The van der Waals surface area contributed by atoms with Gasteiger partial charge in [0, 0.05) is 51.6 Å². The van der Waals surface area contributed by atoms with Gasteiger partial charge in [0.25, 0.3) is 0 Å². The van der Waals surface area contributed by atoms with Gasteiger partial charge in [-0.3, -0.25) is 46.9 Å². The Morgan fingerprint density at radius 3 is 0.908 bits per heavy atom. The molecule has 6 N–H and O–H groups in total. The highest BCUT2D eigenvalue weighted by Gasteiger charge is 2.27. The van der Waals surface area contributed by atoms with E-state index in [2.05, 4.69) is 111 Å². The molecule has 5 unspecified atom stereocenters. The SMILES string of the molecule is CCCCCC/C=C\CCCCCC(=O)NC(COCCC(CCCCCCC)OC(=O)CCC/C=C\CCCCCC)COP(=O)(O)OCCNC(=O)CC(=O)NCCOP(=O)(O)OCC(COCC[C@@H](CCCCCCC)OC(=O)CCC/C=C\CCCCCC)NC(=O)CCCCC/C=C\CCCCCC. The van der Waals surface area contributed by atoms with Gasteiger partial charge in [-0.05, 0) is 141 Å². The second-order valence-electron chi connectivity index (χ2n) is 29.2. The van der Waals surface area contributed by atoms with Crippen LogP contribution in [0.5, 0.6) is 0 Å². The third kappa shape index (κ3) is 75.1. The van der Waals surface area contributed by atoms with Crippen molar-refractivity contribution in [1.82, 2.24) is 21.3 Å². The van der Waals surface area contributed by atoms with E-state index < -0.39 is 72.4 Å². The van der Waals surface area contributed by atoms with Gasteiger partial charge in [0.1, 0.15) is 18.6 Å². The van der Waals surface area contributed by atoms with E-state index in [1.54, 1.807) is 0 Å². The number of unbranched alkanes of at least 4 members (excludes halogenated alkanes) is 32. The standard InChI is InChI=1S/C85H158N4O18P2/c1-7-13-19-25-29-33-35-39-41-47-53-59-80(90)88-76(72-100-67-63-78(57-51-45-23-17-11-5)106-84(94)61-55-49-43-37-31-27-21-15-9-3)74-104-108(96,97)102-69-65-86-82(92)71-83(93)87-66-70-103-109(98,99)105-75-77(89-81(91)60-54-48-42-40-36-34-30-26-20-14-8-2)73-101-68-64-79(58-52-46-24-18-12-6)107-85(95)62-56-50-44-38-32-28-22-16-10-4/h33-38,43-44,76-79H,7-32,39-42,45-75H2,1-6H3,(H,86,92)(H,87,93)(H,88,90)(H,89,91)(H,96,97)(H,98,99)/b35-33-,36-34-,43-37-,44-38-/t76?,77?,78-,79?/m1/s1. The fourth-order valence-electron chi connectivity index (χ4n) is 12.0. The molecule has 0 fully saturated rings. The molecule has 0 saturated heterocycles. The summed E-state index contributed by atoms with van der Waals surface area (Å²) in [4.78, 5) is 99.4. The van der Waals surface area contributed by atoms with Crippen LogP contribution in [0, 0.1) is 0 Å². The van der Waals surface area contributed by atoms with Crippen LogP contribution in [-0.4, -0.2) is 136 Å². The molecule has 0 spiro atoms. The maximum absolute atomic E-state index is 13.3. The van der Waals surface area contributed by atoms with Gasteiger partial charge in [-0.1, -0.05) is 231 Å². The molecule has 0 heterocycles. The average molecular weight is 1590 g/mol. The van der Waals surface area contributed by atoms with Crippen molar-refractivity contribution >= 4 is 51.2 Å². The van der Waals surface area contributed by atoms with Gasteiger partial charge in [-0.15, -0.1) is 0 Å². The quantitative estimate of drug-likeness (QED) is 0.0108. The maximum atomic E-state index is 13.3. The van der Waals surface area contributed by atoms with Crippen LogP contribution in [0.3, 0.4) is 0 Å². The molecule has 0 aliphatic heterocycles. The number of nitrogens with one attached hydrogen (secondary N) is 4. The Kier molecular flexibility index (Phi) is 74.9. The van der Waals surface area contributed by atoms with E-state index in [4.69, 9.17) is 37.0 Å². The second kappa shape index (κ2) is 77.8. The Morgan fingerprint density at radius 1 is 0.312 bits per heavy atom. The number of carbonyl (C=O) groups is 6. The zero-order valence-electron chi connectivity index (χ0n) is 69.4. The summed E-state index contributed by atoms with van der Waals surface area (Å²) in [6.45, 7) is 11.0. The summed E-state index contributed by atoms with van der Waals surface area (Å²) in [7, 11) is -9.49. The molecule has 0 aromatic carbocycles. The summed E-state index contributed by atoms with van der Waals surface area (Å²) >= 11 is 0. The largest absolute Gasteiger partial charge is 0.472 e. The number of phosphoric acid groups is 2. The number of carbonyl (C=O) groups excluding carboxylic acids is 6. The molecule has 0 aromatic heterocycles. The van der Waals surface area contributed by atoms with Gasteiger partial charge in [0.2, 0.25) is 23.6 Å². The second-order valence-corrected chi connectivity index (χ2v) is 32.1. The smallest absolute Gasteiger partial charge is 0.462 e. The van der Waals surface area contributed by atoms with Gasteiger partial charge >= 0.3 is 27.6 Å². The maximum Gasteiger partial charge on any atom is 0.472 e. The molecule has 109 heavy (non-hydrogen) atoms. The molecule has 22 nitrogen and oxygen atoms in total. The van der Waals surface area contributed by atoms with Crippen LogP contribution in [0.2, 0.25) is 0 Å². The fraction of sp³-hybridized carbons (Fsp3) is 0.835. The topological polar surface area (TPSA) is 299 Å². The number of phosphoric ester groups is 2. The summed E-state index contributed by atoms with van der Waals surface area (Å²) in [5.41, 5.74) is 0. The van der Waals surface area contributed by atoms with Crippen LogP contribution in [-0.2, 0) is 74.9 Å². The van der Waals surface area contributed by atoms with Crippen LogP contribution in [0.15, 0.2) is 48.6 Å². The highest BCUT2D eigenvalue weighted by molar-refractivity contribution is 7.47. The average Bonchev–Trinajstić information content (AvgIpc) is 0.927. The fourth-order valence-corrected chi connectivity index (χ4v) is 13.5. The first-order chi connectivity index (χ1) is 52.9. The molecular formula is C85H158N4O18P2. The Hall–Kier alpha value is -4.08. The van der Waals surface area contributed by atoms with E-state index in [9.17, 15) is 47.7 Å². The predicted molar refractivity (Wildman–Crippen MR) is 441 cm³/mol. The molecule has 0 rings (SSSR count). The minimum Gasteiger partial charge on any atom is -0.462 e. The zero-order valence-corrected chi connectivity index (χ0v) is 71.2. The summed E-state index contributed by atoms with van der Waals surface area (Å²) in [6, 6.07) is -1.68. The predicted octanol–water partition coefficient (Wildman–Crippen LogP) is 20.6. The number of allylic oxidation sites excluding steroid dienone is 8. The molecule has 0 aliphatic rings. The van der Waals surface area contributed by atoms with Crippen LogP contribution >= 0.6 is 15.6 Å². The summed E-state index contributed by atoms with van der Waals surface area (Å²) in [6.07, 6.45) is 63.7. The zero-order chi connectivity index (χ0) is 80.0. The van der Waals surface area contributed by atoms with Gasteiger partial charge in [-0.2, -0.15) is 0 Å². The highest BCUT2D eigenvalue weighted by atomic mass is 31.2. The van der Waals surface area contributed by atoms with Crippen molar-refractivity contribution in [3.05, 3.63) is 48.6 Å². The molecule has 24 heteroatoms. The summed E-state index contributed by atoms with van der Waals surface area (Å²) < 4.78 is 71.3. The Morgan fingerprint density at radius 2 is 0.596 bits per heavy atom. The van der Waals surface area contributed by atoms with Crippen molar-refractivity contribution in [3.63, 3.8) is 0 Å². The summed E-state index contributed by atoms with van der Waals surface area (Å²) in [5, 5.41) is 10.7. The van der Waals surface area contributed by atoms with Crippen molar-refractivity contribution < 1.29 is 84.7 Å². The summed E-state index contributed by atoms with van der Waals surface area (Å²) in [5.74, 6) is -2.51. The number of ether oxygens (including phenoxy) is 4. The third-order valence-electron chi connectivity index (χ3n) is 18.6. The van der Waals surface area contributed by atoms with E-state index in [1.165, 1.54) is 103 Å². The lowest BCUT2D eigenvalue weighted by Crippen LogP contribution is -2.41. The Balaban J connectivity index is 5.57. The van der Waals surface area contributed by atoms with E-state index in [-0.39, 0.29) is 88.3 Å². The van der Waals surface area contributed by atoms with Gasteiger partial charge in [0.05, 0.1) is 64.9 Å². The van der Waals surface area contributed by atoms with Gasteiger partial charge < -0.3 is 50.0 Å². The molecule has 636 valence electrons. The minimum atomic E-state index is -4.74. The van der Waals surface area contributed by atoms with E-state index in [1.807, 2.05) is 0 Å². The molecule has 0 aromatic rings. The number of hydrogen-bond acceptors (Lipinski definition) is 16. The molecule has 0 saturated carbocycles. The lowest BCUT2D eigenvalue weighted by molar-refractivity contribution is -0.151. The lowest BCUT2D eigenvalue weighted by Gasteiger charge is -2.22. The first kappa shape index (κ1) is 105. The first-order valence-corrected chi connectivity index (χ1v) is 46.4. The van der Waals surface area contributed by atoms with E-state index in [0.29, 0.717) is 64.2 Å². The number of esters is 2. The number of hydrogen-bond donors (Lipinski definition) is 6. The van der Waals surface area contributed by atoms with Crippen molar-refractivity contribution in [3.8, 4) is 0 Å². The lowest BCUT2D eigenvalue weighted by atomic mass is 10.1. The number of amides is 4. The van der Waals surface area contributed by atoms with Crippen molar-refractivity contribution in [1.29, 1.82) is 0 Å². The van der Waals surface area contributed by atoms with Crippen LogP contribution in [0.25, 0.3) is 0 Å². The third-order valence-corrected chi connectivity index (χ3v) is 20.5. The molecule has 6 atom stereocenters. The van der Waals surface area contributed by atoms with Crippen molar-refractivity contribution in [2.45, 2.75) is 393 Å². The van der Waals surface area contributed by atoms with Gasteiger partial charge in [0.15, 0.2) is 0 Å². The van der Waals surface area contributed by atoms with E-state index in [0.717, 1.165) is 141 Å². The van der Waals surface area contributed by atoms with Gasteiger partial charge in [-0.25, -0.2) is 9.13 Å².